The number of oxime groups is 1. The van der Waals surface area contributed by atoms with E-state index in [0.717, 1.165) is 22.4 Å². The lowest BCUT2D eigenvalue weighted by Crippen LogP contribution is -2.28. The summed E-state index contributed by atoms with van der Waals surface area (Å²) in [4.78, 5) is 6.20. The Morgan fingerprint density at radius 1 is 0.788 bits per heavy atom. The molecule has 0 saturated heterocycles. The maximum atomic E-state index is 10.5. The molecule has 0 fully saturated rings. The molecule has 4 rings (SSSR count). The van der Waals surface area contributed by atoms with Gasteiger partial charge in [0.1, 0.15) is 0 Å². The fourth-order valence-corrected chi connectivity index (χ4v) is 4.07. The van der Waals surface area contributed by atoms with Crippen LogP contribution in [0, 0.1) is 6.92 Å². The SMILES string of the molecule is COc1ccc(C2(c3cc(OC)c(OC)c(OC)c3)CC(c3ccc(C)cc3)=NO2)cc1O. The molecule has 1 atom stereocenters. The first-order valence-electron chi connectivity index (χ1n) is 10.5. The normalized spacial score (nSPS) is 17.2. The maximum absolute atomic E-state index is 10.5. The van der Waals surface area contributed by atoms with Crippen LogP contribution in [-0.2, 0) is 10.4 Å². The third kappa shape index (κ3) is 3.91. The number of ether oxygens (including phenoxy) is 4. The fraction of sp³-hybridized carbons (Fsp3) is 0.269. The molecule has 172 valence electrons. The summed E-state index contributed by atoms with van der Waals surface area (Å²) in [6, 6.07) is 17.0. The molecule has 1 unspecified atom stereocenters. The van der Waals surface area contributed by atoms with E-state index in [4.69, 9.17) is 23.8 Å². The number of benzene rings is 3. The summed E-state index contributed by atoms with van der Waals surface area (Å²) >= 11 is 0. The van der Waals surface area contributed by atoms with Gasteiger partial charge in [-0.25, -0.2) is 0 Å². The Kier molecular flexibility index (Phi) is 6.05. The first kappa shape index (κ1) is 22.3. The molecular weight excluding hydrogens is 422 g/mol. The van der Waals surface area contributed by atoms with Crippen molar-refractivity contribution in [3.63, 3.8) is 0 Å². The van der Waals surface area contributed by atoms with Gasteiger partial charge in [0.25, 0.3) is 0 Å². The molecule has 7 heteroatoms. The zero-order valence-electron chi connectivity index (χ0n) is 19.3. The van der Waals surface area contributed by atoms with Crippen LogP contribution in [0.5, 0.6) is 28.7 Å². The average molecular weight is 450 g/mol. The van der Waals surface area contributed by atoms with Gasteiger partial charge in [-0.05, 0) is 36.8 Å². The van der Waals surface area contributed by atoms with Crippen LogP contribution in [0.2, 0.25) is 0 Å². The Balaban J connectivity index is 1.88. The van der Waals surface area contributed by atoms with Crippen LogP contribution >= 0.6 is 0 Å². The monoisotopic (exact) mass is 449 g/mol. The molecule has 33 heavy (non-hydrogen) atoms. The van der Waals surface area contributed by atoms with Gasteiger partial charge < -0.3 is 28.9 Å². The number of rotatable bonds is 7. The minimum absolute atomic E-state index is 0.00852. The van der Waals surface area contributed by atoms with Gasteiger partial charge in [0, 0.05) is 17.5 Å². The predicted octanol–water partition coefficient (Wildman–Crippen LogP) is 4.80. The molecule has 3 aromatic rings. The van der Waals surface area contributed by atoms with E-state index in [2.05, 4.69) is 5.16 Å². The smallest absolute Gasteiger partial charge is 0.203 e. The average Bonchev–Trinajstić information content (AvgIpc) is 3.30. The fourth-order valence-electron chi connectivity index (χ4n) is 4.07. The first-order valence-corrected chi connectivity index (χ1v) is 10.5. The van der Waals surface area contributed by atoms with E-state index in [0.29, 0.717) is 35.0 Å². The van der Waals surface area contributed by atoms with Crippen molar-refractivity contribution in [3.8, 4) is 28.7 Å². The number of nitrogens with zero attached hydrogens (tertiary/aromatic N) is 1. The second kappa shape index (κ2) is 8.94. The Morgan fingerprint density at radius 2 is 1.42 bits per heavy atom. The number of hydrogen-bond acceptors (Lipinski definition) is 7. The maximum Gasteiger partial charge on any atom is 0.203 e. The molecular formula is C26H27NO6. The van der Waals surface area contributed by atoms with Gasteiger partial charge in [-0.2, -0.15) is 0 Å². The van der Waals surface area contributed by atoms with Gasteiger partial charge in [0.05, 0.1) is 34.2 Å². The van der Waals surface area contributed by atoms with E-state index < -0.39 is 5.60 Å². The van der Waals surface area contributed by atoms with E-state index in [1.807, 2.05) is 49.4 Å². The standard InChI is InChI=1S/C26H27NO6/c1-16-6-8-17(9-7-16)20-15-26(33-27-20,18-10-11-22(29-2)21(28)12-18)19-13-23(30-3)25(32-5)24(14-19)31-4/h6-14,28H,15H2,1-5H3. The predicted molar refractivity (Wildman–Crippen MR) is 125 cm³/mol. The van der Waals surface area contributed by atoms with Gasteiger partial charge >= 0.3 is 0 Å². The van der Waals surface area contributed by atoms with Crippen molar-refractivity contribution in [2.45, 2.75) is 18.9 Å². The minimum atomic E-state index is -1.03. The second-order valence-electron chi connectivity index (χ2n) is 7.80. The third-order valence-corrected chi connectivity index (χ3v) is 5.89. The minimum Gasteiger partial charge on any atom is -0.504 e. The van der Waals surface area contributed by atoms with Crippen molar-refractivity contribution in [3.05, 3.63) is 76.9 Å². The van der Waals surface area contributed by atoms with Crippen molar-refractivity contribution in [2.24, 2.45) is 5.16 Å². The van der Waals surface area contributed by atoms with Crippen LogP contribution in [0.3, 0.4) is 0 Å². The molecule has 1 aliphatic heterocycles. The highest BCUT2D eigenvalue weighted by Gasteiger charge is 2.45. The highest BCUT2D eigenvalue weighted by Crippen LogP contribution is 2.49. The molecule has 1 N–H and O–H groups in total. The number of hydrogen-bond donors (Lipinski definition) is 1. The zero-order valence-corrected chi connectivity index (χ0v) is 19.3. The molecule has 1 heterocycles. The summed E-state index contributed by atoms with van der Waals surface area (Å²) < 4.78 is 21.9. The second-order valence-corrected chi connectivity index (χ2v) is 7.80. The number of methoxy groups -OCH3 is 4. The summed E-state index contributed by atoms with van der Waals surface area (Å²) in [7, 11) is 6.20. The summed E-state index contributed by atoms with van der Waals surface area (Å²) in [5.41, 5.74) is 3.34. The van der Waals surface area contributed by atoms with Gasteiger partial charge in [-0.15, -0.1) is 0 Å². The topological polar surface area (TPSA) is 78.7 Å². The van der Waals surface area contributed by atoms with Crippen LogP contribution in [0.4, 0.5) is 0 Å². The van der Waals surface area contributed by atoms with Gasteiger partial charge in [-0.3, -0.25) is 0 Å². The van der Waals surface area contributed by atoms with E-state index in [-0.39, 0.29) is 5.75 Å². The zero-order chi connectivity index (χ0) is 23.6. The van der Waals surface area contributed by atoms with E-state index in [9.17, 15) is 5.11 Å². The Hall–Kier alpha value is -3.87. The first-order chi connectivity index (χ1) is 15.9. The Labute approximate surface area is 193 Å². The van der Waals surface area contributed by atoms with E-state index in [1.54, 1.807) is 33.5 Å². The van der Waals surface area contributed by atoms with Crippen molar-refractivity contribution >= 4 is 5.71 Å². The largest absolute Gasteiger partial charge is 0.504 e. The molecule has 0 aliphatic carbocycles. The number of phenols is 1. The van der Waals surface area contributed by atoms with Crippen LogP contribution in [0.1, 0.15) is 28.7 Å². The molecule has 0 radical (unpaired) electrons. The number of phenolic OH excluding ortho intramolecular Hbond substituents is 1. The third-order valence-electron chi connectivity index (χ3n) is 5.89. The number of aryl methyl sites for hydroxylation is 1. The highest BCUT2D eigenvalue weighted by atomic mass is 16.7. The van der Waals surface area contributed by atoms with E-state index in [1.165, 1.54) is 7.11 Å². The van der Waals surface area contributed by atoms with E-state index >= 15 is 0 Å². The van der Waals surface area contributed by atoms with Crippen LogP contribution in [0.15, 0.2) is 59.8 Å². The summed E-state index contributed by atoms with van der Waals surface area (Å²) in [6.07, 6.45) is 0.431. The lowest BCUT2D eigenvalue weighted by molar-refractivity contribution is 0.0107. The Morgan fingerprint density at radius 3 is 1.97 bits per heavy atom. The lowest BCUT2D eigenvalue weighted by atomic mass is 9.81. The number of aromatic hydroxyl groups is 1. The van der Waals surface area contributed by atoms with Crippen molar-refractivity contribution in [1.82, 2.24) is 0 Å². The van der Waals surface area contributed by atoms with Gasteiger partial charge in [0.2, 0.25) is 5.75 Å². The summed E-state index contributed by atoms with van der Waals surface area (Å²) in [6.45, 7) is 2.04. The van der Waals surface area contributed by atoms with Crippen LogP contribution < -0.4 is 18.9 Å². The molecule has 0 saturated carbocycles. The lowest BCUT2D eigenvalue weighted by Gasteiger charge is -2.29. The molecule has 7 nitrogen and oxygen atoms in total. The van der Waals surface area contributed by atoms with Crippen molar-refractivity contribution in [1.29, 1.82) is 0 Å². The molecule has 1 aliphatic rings. The Bertz CT molecular complexity index is 1160. The van der Waals surface area contributed by atoms with Crippen molar-refractivity contribution < 1.29 is 28.9 Å². The van der Waals surface area contributed by atoms with Gasteiger partial charge in [-0.1, -0.05) is 41.1 Å². The van der Waals surface area contributed by atoms with Gasteiger partial charge in [0.15, 0.2) is 28.6 Å². The highest BCUT2D eigenvalue weighted by molar-refractivity contribution is 6.02. The molecule has 3 aromatic carbocycles. The van der Waals surface area contributed by atoms with Crippen molar-refractivity contribution in [2.75, 3.05) is 28.4 Å². The quantitative estimate of drug-likeness (QED) is 0.558. The summed E-state index contributed by atoms with van der Waals surface area (Å²) in [5, 5.41) is 15.0. The molecule has 0 bridgehead atoms. The molecule has 0 amide bonds. The molecule has 0 spiro atoms. The van der Waals surface area contributed by atoms with Crippen LogP contribution in [-0.4, -0.2) is 39.3 Å². The van der Waals surface area contributed by atoms with Crippen LogP contribution in [0.25, 0.3) is 0 Å². The molecule has 0 aromatic heterocycles. The summed E-state index contributed by atoms with van der Waals surface area (Å²) in [5.74, 6) is 1.85.